The van der Waals surface area contributed by atoms with Gasteiger partial charge in [-0.3, -0.25) is 0 Å². The molecule has 7 nitrogen and oxygen atoms in total. The Morgan fingerprint density at radius 2 is 1.97 bits per heavy atom. The summed E-state index contributed by atoms with van der Waals surface area (Å²) in [5.41, 5.74) is -1.35. The molecule has 0 atom stereocenters. The lowest BCUT2D eigenvalue weighted by Crippen LogP contribution is -2.64. The molecule has 0 bridgehead atoms. The smallest absolute Gasteiger partial charge is 0.410 e. The van der Waals surface area contributed by atoms with Crippen LogP contribution in [-0.4, -0.2) is 60.0 Å². The average molecular weight is 437 g/mol. The largest absolute Gasteiger partial charge is 0.490 e. The number of hydrogen-bond donors (Lipinski definition) is 0. The van der Waals surface area contributed by atoms with E-state index in [9.17, 15) is 14.0 Å². The third kappa shape index (κ3) is 5.27. The molecular weight excluding hydrogens is 411 g/mol. The monoisotopic (exact) mass is 436 g/mol. The van der Waals surface area contributed by atoms with Gasteiger partial charge in [0.05, 0.1) is 25.8 Å². The number of ether oxygens (including phenoxy) is 3. The quantitative estimate of drug-likeness (QED) is 0.653. The van der Waals surface area contributed by atoms with Gasteiger partial charge in [0.2, 0.25) is 0 Å². The van der Waals surface area contributed by atoms with Gasteiger partial charge >= 0.3 is 12.1 Å². The van der Waals surface area contributed by atoms with Crippen LogP contribution in [-0.2, 0) is 9.47 Å². The summed E-state index contributed by atoms with van der Waals surface area (Å²) in [6, 6.07) is 4.87. The summed E-state index contributed by atoms with van der Waals surface area (Å²) in [5.74, 6) is -0.196. The summed E-state index contributed by atoms with van der Waals surface area (Å²) in [7, 11) is 1.29. The first kappa shape index (κ1) is 22.0. The van der Waals surface area contributed by atoms with Gasteiger partial charge in [0, 0.05) is 16.6 Å². The Kier molecular flexibility index (Phi) is 6.03. The van der Waals surface area contributed by atoms with E-state index in [1.807, 2.05) is 6.92 Å². The Balaban J connectivity index is 1.69. The lowest BCUT2D eigenvalue weighted by Gasteiger charge is -2.43. The number of likely N-dealkylation sites (tertiary alicyclic amines) is 1. The molecule has 1 aromatic carbocycles. The highest BCUT2D eigenvalue weighted by Crippen LogP contribution is 2.32. The van der Waals surface area contributed by atoms with Gasteiger partial charge in [-0.15, -0.1) is 11.3 Å². The number of thiazole rings is 1. The van der Waals surface area contributed by atoms with Crippen LogP contribution in [0.3, 0.4) is 0 Å². The zero-order valence-electron chi connectivity index (χ0n) is 17.7. The molecule has 1 saturated heterocycles. The number of benzene rings is 1. The number of aromatic nitrogens is 1. The molecule has 1 amide bonds. The van der Waals surface area contributed by atoms with Crippen LogP contribution in [0.25, 0.3) is 10.6 Å². The second-order valence-corrected chi connectivity index (χ2v) is 9.52. The zero-order valence-corrected chi connectivity index (χ0v) is 18.5. The number of nitrogens with zero attached hydrogens (tertiary/aromatic N) is 2. The van der Waals surface area contributed by atoms with Crippen molar-refractivity contribution in [3.8, 4) is 16.3 Å². The highest BCUT2D eigenvalue weighted by Gasteiger charge is 2.48. The Morgan fingerprint density at radius 3 is 2.53 bits per heavy atom. The molecule has 0 unspecified atom stereocenters. The molecular formula is C21H25FN2O5S. The molecule has 0 saturated carbocycles. The third-order valence-corrected chi connectivity index (χ3v) is 5.26. The number of aryl methyl sites for hydroxylation is 1. The highest BCUT2D eigenvalue weighted by atomic mass is 32.1. The molecule has 1 aliphatic heterocycles. The number of alkyl halides is 1. The molecule has 162 valence electrons. The summed E-state index contributed by atoms with van der Waals surface area (Å²) in [6.45, 7) is 6.72. The average Bonchev–Trinajstić information content (AvgIpc) is 3.08. The predicted molar refractivity (Wildman–Crippen MR) is 111 cm³/mol. The van der Waals surface area contributed by atoms with Gasteiger partial charge in [0.1, 0.15) is 23.0 Å². The van der Waals surface area contributed by atoms with Crippen LogP contribution in [0, 0.1) is 6.92 Å². The van der Waals surface area contributed by atoms with Crippen LogP contribution in [0.1, 0.15) is 36.0 Å². The molecule has 30 heavy (non-hydrogen) atoms. The molecule has 0 aliphatic carbocycles. The maximum Gasteiger partial charge on any atom is 0.410 e. The minimum atomic E-state index is -1.68. The topological polar surface area (TPSA) is 78.0 Å². The summed E-state index contributed by atoms with van der Waals surface area (Å²) in [4.78, 5) is 30.7. The van der Waals surface area contributed by atoms with Gasteiger partial charge in [-0.1, -0.05) is 0 Å². The van der Waals surface area contributed by atoms with Crippen molar-refractivity contribution in [2.75, 3.05) is 26.8 Å². The molecule has 1 fully saturated rings. The van der Waals surface area contributed by atoms with Crippen molar-refractivity contribution in [2.24, 2.45) is 0 Å². The standard InChI is InChI=1S/C21H25FN2O5S/c1-13-9-23-17(30-13)14-6-15(18(25)27-5)8-16(7-14)28-12-21(22)10-24(11-21)19(26)29-20(2,3)4/h6-9H,10-12H2,1-5H3. The maximum absolute atomic E-state index is 14.9. The molecule has 2 aromatic rings. The van der Waals surface area contributed by atoms with Crippen LogP contribution in [0.4, 0.5) is 9.18 Å². The molecule has 1 aromatic heterocycles. The van der Waals surface area contributed by atoms with Crippen molar-refractivity contribution in [1.82, 2.24) is 9.88 Å². The maximum atomic E-state index is 14.9. The molecule has 0 radical (unpaired) electrons. The Morgan fingerprint density at radius 1 is 1.27 bits per heavy atom. The summed E-state index contributed by atoms with van der Waals surface area (Å²) < 4.78 is 30.6. The highest BCUT2D eigenvalue weighted by molar-refractivity contribution is 7.14. The van der Waals surface area contributed by atoms with Crippen LogP contribution < -0.4 is 4.74 Å². The fourth-order valence-electron chi connectivity index (χ4n) is 2.93. The fraction of sp³-hybridized carbons (Fsp3) is 0.476. The minimum absolute atomic E-state index is 0.114. The molecule has 0 spiro atoms. The Bertz CT molecular complexity index is 947. The van der Waals surface area contributed by atoms with E-state index >= 15 is 0 Å². The number of carbonyl (C=O) groups excluding carboxylic acids is 2. The van der Waals surface area contributed by atoms with Crippen LogP contribution >= 0.6 is 11.3 Å². The first-order valence-electron chi connectivity index (χ1n) is 9.44. The number of esters is 1. The van der Waals surface area contributed by atoms with E-state index in [1.54, 1.807) is 39.1 Å². The lowest BCUT2D eigenvalue weighted by molar-refractivity contribution is -0.0685. The zero-order chi connectivity index (χ0) is 22.1. The molecule has 9 heteroatoms. The van der Waals surface area contributed by atoms with Crippen molar-refractivity contribution in [2.45, 2.75) is 39.0 Å². The number of hydrogen-bond acceptors (Lipinski definition) is 7. The predicted octanol–water partition coefficient (Wildman–Crippen LogP) is 4.24. The van der Waals surface area contributed by atoms with Gasteiger partial charge in [-0.25, -0.2) is 19.0 Å². The van der Waals surface area contributed by atoms with Gasteiger partial charge < -0.3 is 19.1 Å². The van der Waals surface area contributed by atoms with E-state index in [-0.39, 0.29) is 25.3 Å². The Hall–Kier alpha value is -2.68. The van der Waals surface area contributed by atoms with E-state index in [2.05, 4.69) is 4.98 Å². The number of amides is 1. The normalized spacial score (nSPS) is 15.3. The molecule has 2 heterocycles. The van der Waals surface area contributed by atoms with Crippen molar-refractivity contribution in [1.29, 1.82) is 0 Å². The minimum Gasteiger partial charge on any atom is -0.490 e. The van der Waals surface area contributed by atoms with E-state index < -0.39 is 23.3 Å². The number of halogens is 1. The van der Waals surface area contributed by atoms with Gasteiger partial charge in [0.25, 0.3) is 0 Å². The Labute approximate surface area is 178 Å². The van der Waals surface area contributed by atoms with Crippen LogP contribution in [0.15, 0.2) is 24.4 Å². The summed E-state index contributed by atoms with van der Waals surface area (Å²) >= 11 is 1.47. The molecule has 1 aliphatic rings. The second kappa shape index (κ2) is 8.22. The van der Waals surface area contributed by atoms with Crippen LogP contribution in [0.5, 0.6) is 5.75 Å². The fourth-order valence-corrected chi connectivity index (χ4v) is 3.68. The lowest BCUT2D eigenvalue weighted by atomic mass is 9.98. The van der Waals surface area contributed by atoms with Crippen molar-refractivity contribution < 1.29 is 28.2 Å². The SMILES string of the molecule is COC(=O)c1cc(OCC2(F)CN(C(=O)OC(C)(C)C)C2)cc(-c2ncc(C)s2)c1. The van der Waals surface area contributed by atoms with E-state index in [0.717, 1.165) is 9.88 Å². The van der Waals surface area contributed by atoms with E-state index in [0.29, 0.717) is 11.3 Å². The van der Waals surface area contributed by atoms with Gasteiger partial charge in [-0.05, 0) is 45.9 Å². The first-order valence-corrected chi connectivity index (χ1v) is 10.3. The number of methoxy groups -OCH3 is 1. The van der Waals surface area contributed by atoms with Crippen molar-refractivity contribution in [3.05, 3.63) is 34.8 Å². The van der Waals surface area contributed by atoms with Crippen molar-refractivity contribution >= 4 is 23.4 Å². The van der Waals surface area contributed by atoms with E-state index in [1.165, 1.54) is 29.4 Å². The van der Waals surface area contributed by atoms with Gasteiger partial charge in [0.15, 0.2) is 5.67 Å². The third-order valence-electron chi connectivity index (χ3n) is 4.29. The number of rotatable bonds is 5. The molecule has 0 N–H and O–H groups in total. The number of carbonyl (C=O) groups is 2. The summed E-state index contributed by atoms with van der Waals surface area (Å²) in [5, 5.41) is 0.720. The summed E-state index contributed by atoms with van der Waals surface area (Å²) in [6.07, 6.45) is 1.19. The molecule has 3 rings (SSSR count). The van der Waals surface area contributed by atoms with Gasteiger partial charge in [-0.2, -0.15) is 0 Å². The second-order valence-electron chi connectivity index (χ2n) is 8.29. The van der Waals surface area contributed by atoms with Crippen LogP contribution in [0.2, 0.25) is 0 Å². The van der Waals surface area contributed by atoms with Crippen molar-refractivity contribution in [3.63, 3.8) is 0 Å². The van der Waals surface area contributed by atoms with E-state index in [4.69, 9.17) is 14.2 Å². The first-order chi connectivity index (χ1) is 14.0.